The molecule has 2 rings (SSSR count). The minimum absolute atomic E-state index is 0.0119. The standard InChI is InChI=1S/C18H23NO5/c1-13(2)24-17(21)15-11-19(10-6-9-16(15)20)18(22)23-12-14-7-4-3-5-8-14/h3-5,7-8,13,15H,6,9-12H2,1-2H3. The third kappa shape index (κ3) is 5.08. The molecular formula is C18H23NO5. The first-order chi connectivity index (χ1) is 11.5. The van der Waals surface area contributed by atoms with Gasteiger partial charge >= 0.3 is 12.1 Å². The molecule has 0 bridgehead atoms. The van der Waals surface area contributed by atoms with Crippen LogP contribution in [-0.4, -0.2) is 41.9 Å². The third-order valence-corrected chi connectivity index (χ3v) is 3.74. The van der Waals surface area contributed by atoms with E-state index in [2.05, 4.69) is 0 Å². The summed E-state index contributed by atoms with van der Waals surface area (Å²) in [4.78, 5) is 37.9. The number of benzene rings is 1. The lowest BCUT2D eigenvalue weighted by atomic mass is 10.0. The predicted molar refractivity (Wildman–Crippen MR) is 87.2 cm³/mol. The summed E-state index contributed by atoms with van der Waals surface area (Å²) in [6.45, 7) is 4.02. The molecule has 1 unspecified atom stereocenters. The molecule has 1 heterocycles. The van der Waals surface area contributed by atoms with Crippen molar-refractivity contribution >= 4 is 17.8 Å². The Hall–Kier alpha value is -2.37. The number of hydrogen-bond donors (Lipinski definition) is 0. The molecular weight excluding hydrogens is 310 g/mol. The van der Waals surface area contributed by atoms with Crippen molar-refractivity contribution in [1.29, 1.82) is 0 Å². The van der Waals surface area contributed by atoms with Gasteiger partial charge in [-0.15, -0.1) is 0 Å². The summed E-state index contributed by atoms with van der Waals surface area (Å²) in [7, 11) is 0. The zero-order valence-electron chi connectivity index (χ0n) is 14.1. The van der Waals surface area contributed by atoms with Crippen LogP contribution in [0.5, 0.6) is 0 Å². The topological polar surface area (TPSA) is 72.9 Å². The molecule has 1 aliphatic heterocycles. The highest BCUT2D eigenvalue weighted by molar-refractivity contribution is 5.99. The molecule has 24 heavy (non-hydrogen) atoms. The Bertz CT molecular complexity index is 584. The molecule has 6 heteroatoms. The molecule has 0 radical (unpaired) electrons. The average Bonchev–Trinajstić information content (AvgIpc) is 2.75. The summed E-state index contributed by atoms with van der Waals surface area (Å²) < 4.78 is 10.4. The van der Waals surface area contributed by atoms with Crippen LogP contribution >= 0.6 is 0 Å². The Morgan fingerprint density at radius 3 is 2.62 bits per heavy atom. The van der Waals surface area contributed by atoms with Gasteiger partial charge in [0.05, 0.1) is 6.10 Å². The van der Waals surface area contributed by atoms with Crippen LogP contribution in [0.1, 0.15) is 32.3 Å². The number of carbonyl (C=O) groups is 3. The number of esters is 1. The molecule has 1 atom stereocenters. The number of likely N-dealkylation sites (tertiary alicyclic amines) is 1. The smallest absolute Gasteiger partial charge is 0.410 e. The third-order valence-electron chi connectivity index (χ3n) is 3.74. The number of carbonyl (C=O) groups excluding carboxylic acids is 3. The molecule has 6 nitrogen and oxygen atoms in total. The fourth-order valence-electron chi connectivity index (χ4n) is 2.53. The summed E-state index contributed by atoms with van der Waals surface area (Å²) >= 11 is 0. The van der Waals surface area contributed by atoms with Gasteiger partial charge < -0.3 is 14.4 Å². The molecule has 1 saturated heterocycles. The highest BCUT2D eigenvalue weighted by Crippen LogP contribution is 2.17. The second kappa shape index (κ2) is 8.47. The number of nitrogens with zero attached hydrogens (tertiary/aromatic N) is 1. The summed E-state index contributed by atoms with van der Waals surface area (Å²) in [5.41, 5.74) is 0.882. The minimum atomic E-state index is -0.931. The fourth-order valence-corrected chi connectivity index (χ4v) is 2.53. The molecule has 0 aliphatic carbocycles. The number of ketones is 1. The molecule has 0 spiro atoms. The van der Waals surface area contributed by atoms with E-state index in [0.717, 1.165) is 5.56 Å². The maximum absolute atomic E-state index is 12.3. The summed E-state index contributed by atoms with van der Waals surface area (Å²) in [6, 6.07) is 9.35. The first-order valence-corrected chi connectivity index (χ1v) is 8.16. The van der Waals surface area contributed by atoms with Crippen LogP contribution < -0.4 is 0 Å². The first-order valence-electron chi connectivity index (χ1n) is 8.16. The maximum atomic E-state index is 12.3. The van der Waals surface area contributed by atoms with Crippen LogP contribution in [0.25, 0.3) is 0 Å². The zero-order chi connectivity index (χ0) is 17.5. The quantitative estimate of drug-likeness (QED) is 0.625. The van der Waals surface area contributed by atoms with Gasteiger partial charge in [0.25, 0.3) is 0 Å². The lowest BCUT2D eigenvalue weighted by Crippen LogP contribution is -2.40. The molecule has 130 valence electrons. The first kappa shape index (κ1) is 18.0. The van der Waals surface area contributed by atoms with Crippen LogP contribution in [0.15, 0.2) is 30.3 Å². The van der Waals surface area contributed by atoms with E-state index in [4.69, 9.17) is 9.47 Å². The highest BCUT2D eigenvalue weighted by atomic mass is 16.6. The number of amides is 1. The van der Waals surface area contributed by atoms with E-state index in [9.17, 15) is 14.4 Å². The molecule has 1 aromatic rings. The van der Waals surface area contributed by atoms with E-state index in [0.29, 0.717) is 13.0 Å². The van der Waals surface area contributed by atoms with E-state index in [1.807, 2.05) is 30.3 Å². The monoisotopic (exact) mass is 333 g/mol. The van der Waals surface area contributed by atoms with Gasteiger partial charge in [0.15, 0.2) is 0 Å². The van der Waals surface area contributed by atoms with Crippen molar-refractivity contribution in [2.75, 3.05) is 13.1 Å². The zero-order valence-corrected chi connectivity index (χ0v) is 14.1. The molecule has 1 aliphatic rings. The summed E-state index contributed by atoms with van der Waals surface area (Å²) in [5.74, 6) is -1.68. The normalized spacial score (nSPS) is 18.2. The maximum Gasteiger partial charge on any atom is 0.410 e. The number of ether oxygens (including phenoxy) is 2. The van der Waals surface area contributed by atoms with Gasteiger partial charge in [-0.2, -0.15) is 0 Å². The van der Waals surface area contributed by atoms with Gasteiger partial charge in [0, 0.05) is 19.5 Å². The van der Waals surface area contributed by atoms with Crippen molar-refractivity contribution in [2.24, 2.45) is 5.92 Å². The van der Waals surface area contributed by atoms with Crippen LogP contribution in [0, 0.1) is 5.92 Å². The lowest BCUT2D eigenvalue weighted by Gasteiger charge is -2.23. The van der Waals surface area contributed by atoms with Crippen molar-refractivity contribution in [2.45, 2.75) is 39.4 Å². The SMILES string of the molecule is CC(C)OC(=O)C1CN(C(=O)OCc2ccccc2)CCCC1=O. The van der Waals surface area contributed by atoms with E-state index < -0.39 is 18.0 Å². The Balaban J connectivity index is 1.96. The predicted octanol–water partition coefficient (Wildman–Crippen LogP) is 2.56. The van der Waals surface area contributed by atoms with Crippen molar-refractivity contribution < 1.29 is 23.9 Å². The molecule has 1 amide bonds. The lowest BCUT2D eigenvalue weighted by molar-refractivity contribution is -0.155. The fraction of sp³-hybridized carbons (Fsp3) is 0.500. The largest absolute Gasteiger partial charge is 0.462 e. The molecule has 0 N–H and O–H groups in total. The Kier molecular flexibility index (Phi) is 6.35. The average molecular weight is 333 g/mol. The van der Waals surface area contributed by atoms with Gasteiger partial charge in [0.2, 0.25) is 0 Å². The van der Waals surface area contributed by atoms with Gasteiger partial charge in [0.1, 0.15) is 18.3 Å². The second-order valence-electron chi connectivity index (χ2n) is 6.09. The van der Waals surface area contributed by atoms with E-state index in [1.54, 1.807) is 13.8 Å². The van der Waals surface area contributed by atoms with Crippen LogP contribution in [-0.2, 0) is 25.7 Å². The van der Waals surface area contributed by atoms with Gasteiger partial charge in [-0.05, 0) is 25.8 Å². The molecule has 1 aromatic carbocycles. The van der Waals surface area contributed by atoms with Crippen molar-refractivity contribution in [3.8, 4) is 0 Å². The Morgan fingerprint density at radius 1 is 1.25 bits per heavy atom. The number of rotatable bonds is 4. The number of Topliss-reactive ketones (excluding diaryl/α,β-unsaturated/α-hetero) is 1. The van der Waals surface area contributed by atoms with Gasteiger partial charge in [-0.1, -0.05) is 30.3 Å². The van der Waals surface area contributed by atoms with Crippen molar-refractivity contribution in [3.05, 3.63) is 35.9 Å². The van der Waals surface area contributed by atoms with E-state index in [-0.39, 0.29) is 31.5 Å². The van der Waals surface area contributed by atoms with Crippen LogP contribution in [0.4, 0.5) is 4.79 Å². The van der Waals surface area contributed by atoms with E-state index >= 15 is 0 Å². The number of hydrogen-bond acceptors (Lipinski definition) is 5. The highest BCUT2D eigenvalue weighted by Gasteiger charge is 2.34. The van der Waals surface area contributed by atoms with Gasteiger partial charge in [-0.3, -0.25) is 9.59 Å². The van der Waals surface area contributed by atoms with Crippen LogP contribution in [0.3, 0.4) is 0 Å². The summed E-state index contributed by atoms with van der Waals surface area (Å²) in [6.07, 6.45) is -0.0339. The molecule has 0 saturated carbocycles. The van der Waals surface area contributed by atoms with Gasteiger partial charge in [-0.25, -0.2) is 4.79 Å². The van der Waals surface area contributed by atoms with Crippen molar-refractivity contribution in [1.82, 2.24) is 4.90 Å². The van der Waals surface area contributed by atoms with Crippen LogP contribution in [0.2, 0.25) is 0 Å². The minimum Gasteiger partial charge on any atom is -0.462 e. The summed E-state index contributed by atoms with van der Waals surface area (Å²) in [5, 5.41) is 0. The molecule has 1 fully saturated rings. The van der Waals surface area contributed by atoms with E-state index in [1.165, 1.54) is 4.90 Å². The molecule has 0 aromatic heterocycles. The second-order valence-corrected chi connectivity index (χ2v) is 6.09. The Labute approximate surface area is 141 Å². The van der Waals surface area contributed by atoms with Crippen molar-refractivity contribution in [3.63, 3.8) is 0 Å². The Morgan fingerprint density at radius 2 is 1.96 bits per heavy atom.